The van der Waals surface area contributed by atoms with Gasteiger partial charge in [0.2, 0.25) is 0 Å². The van der Waals surface area contributed by atoms with Crippen LogP contribution in [0.5, 0.6) is 0 Å². The normalized spacial score (nSPS) is 10.4. The van der Waals surface area contributed by atoms with Gasteiger partial charge in [-0.05, 0) is 19.3 Å². The number of hydrogen-bond donors (Lipinski definition) is 0. The van der Waals surface area contributed by atoms with E-state index < -0.39 is 0 Å². The van der Waals surface area contributed by atoms with Crippen molar-refractivity contribution in [3.05, 3.63) is 0 Å². The van der Waals surface area contributed by atoms with Crippen LogP contribution in [0, 0.1) is 0 Å². The molecule has 0 unspecified atom stereocenters. The summed E-state index contributed by atoms with van der Waals surface area (Å²) in [5.74, 6) is 0.762. The van der Waals surface area contributed by atoms with Crippen molar-refractivity contribution in [1.29, 1.82) is 0 Å². The van der Waals surface area contributed by atoms with E-state index >= 15 is 0 Å². The number of halogens is 1. The summed E-state index contributed by atoms with van der Waals surface area (Å²) in [7, 11) is 0. The van der Waals surface area contributed by atoms with Crippen LogP contribution in [0.2, 0.25) is 0 Å². The van der Waals surface area contributed by atoms with Gasteiger partial charge in [0.15, 0.2) is 0 Å². The molecule has 0 aromatic rings. The van der Waals surface area contributed by atoms with Crippen molar-refractivity contribution in [2.75, 3.05) is 19.1 Å². The predicted octanol–water partition coefficient (Wildman–Crippen LogP) is 3.21. The molecule has 0 radical (unpaired) electrons. The van der Waals surface area contributed by atoms with Crippen molar-refractivity contribution >= 4 is 11.6 Å². The number of ether oxygens (including phenoxy) is 1. The Hall–Kier alpha value is 0.250. The summed E-state index contributed by atoms with van der Waals surface area (Å²) in [6.45, 7) is 4.01. The molecule has 0 spiro atoms. The maximum atomic E-state index is 5.51. The molecule has 0 aliphatic carbocycles. The van der Waals surface area contributed by atoms with Crippen molar-refractivity contribution in [2.24, 2.45) is 0 Å². The van der Waals surface area contributed by atoms with E-state index in [1.807, 2.05) is 0 Å². The van der Waals surface area contributed by atoms with Gasteiger partial charge < -0.3 is 4.74 Å². The van der Waals surface area contributed by atoms with Gasteiger partial charge in [0.25, 0.3) is 0 Å². The fraction of sp³-hybridized carbons (Fsp3) is 1.00. The van der Waals surface area contributed by atoms with E-state index in [-0.39, 0.29) is 0 Å². The Kier molecular flexibility index (Phi) is 10.5. The smallest absolute Gasteiger partial charge is 0.0466 e. The van der Waals surface area contributed by atoms with Gasteiger partial charge in [-0.1, -0.05) is 19.8 Å². The molecule has 0 bridgehead atoms. The van der Waals surface area contributed by atoms with Crippen LogP contribution in [-0.2, 0) is 4.74 Å². The molecule has 0 N–H and O–H groups in total. The Morgan fingerprint density at radius 1 is 1.00 bits per heavy atom. The standard InChI is InChI=1S/C9H19ClO/c1-2-3-5-8-11-9-6-4-7-10/h2-9H2,1H3. The van der Waals surface area contributed by atoms with E-state index in [9.17, 15) is 0 Å². The minimum Gasteiger partial charge on any atom is -0.381 e. The van der Waals surface area contributed by atoms with Gasteiger partial charge in [-0.2, -0.15) is 0 Å². The second-order valence-electron chi connectivity index (χ2n) is 2.72. The third-order valence-electron chi connectivity index (χ3n) is 1.56. The van der Waals surface area contributed by atoms with Crippen LogP contribution in [0.3, 0.4) is 0 Å². The van der Waals surface area contributed by atoms with E-state index in [2.05, 4.69) is 6.92 Å². The molecular weight excluding hydrogens is 160 g/mol. The molecule has 68 valence electrons. The largest absolute Gasteiger partial charge is 0.381 e. The van der Waals surface area contributed by atoms with Gasteiger partial charge in [-0.25, -0.2) is 0 Å². The molecule has 0 aromatic carbocycles. The highest BCUT2D eigenvalue weighted by atomic mass is 35.5. The molecule has 0 atom stereocenters. The topological polar surface area (TPSA) is 9.23 Å². The molecule has 0 rings (SSSR count). The van der Waals surface area contributed by atoms with Gasteiger partial charge in [-0.3, -0.25) is 0 Å². The maximum absolute atomic E-state index is 5.51. The minimum atomic E-state index is 0.762. The Labute approximate surface area is 75.1 Å². The molecule has 1 nitrogen and oxygen atoms in total. The molecule has 0 heterocycles. The fourth-order valence-corrected chi connectivity index (χ4v) is 1.04. The molecular formula is C9H19ClO. The molecule has 0 aromatic heterocycles. The molecule has 0 aliphatic rings. The summed E-state index contributed by atoms with van der Waals surface area (Å²) >= 11 is 5.51. The number of hydrogen-bond acceptors (Lipinski definition) is 1. The fourth-order valence-electron chi connectivity index (χ4n) is 0.855. The Morgan fingerprint density at radius 2 is 1.64 bits per heavy atom. The van der Waals surface area contributed by atoms with Crippen molar-refractivity contribution in [2.45, 2.75) is 39.0 Å². The molecule has 0 fully saturated rings. The van der Waals surface area contributed by atoms with Crippen LogP contribution in [0.1, 0.15) is 39.0 Å². The van der Waals surface area contributed by atoms with E-state index in [1.165, 1.54) is 19.3 Å². The number of alkyl halides is 1. The van der Waals surface area contributed by atoms with E-state index in [0.29, 0.717) is 0 Å². The van der Waals surface area contributed by atoms with Crippen molar-refractivity contribution in [1.82, 2.24) is 0 Å². The molecule has 0 saturated heterocycles. The lowest BCUT2D eigenvalue weighted by atomic mass is 10.3. The average molecular weight is 179 g/mol. The summed E-state index contributed by atoms with van der Waals surface area (Å²) in [4.78, 5) is 0. The first-order valence-corrected chi connectivity index (χ1v) is 5.09. The summed E-state index contributed by atoms with van der Waals surface area (Å²) in [5.41, 5.74) is 0. The highest BCUT2D eigenvalue weighted by molar-refractivity contribution is 6.17. The molecule has 0 saturated carbocycles. The summed E-state index contributed by atoms with van der Waals surface area (Å²) in [5, 5.41) is 0. The quantitative estimate of drug-likeness (QED) is 0.410. The van der Waals surface area contributed by atoms with Crippen molar-refractivity contribution in [3.63, 3.8) is 0 Å². The van der Waals surface area contributed by atoms with Gasteiger partial charge in [-0.15, -0.1) is 11.6 Å². The third kappa shape index (κ3) is 10.2. The average Bonchev–Trinajstić information content (AvgIpc) is 2.03. The monoisotopic (exact) mass is 178 g/mol. The van der Waals surface area contributed by atoms with Crippen LogP contribution in [-0.4, -0.2) is 19.1 Å². The lowest BCUT2D eigenvalue weighted by molar-refractivity contribution is 0.127. The lowest BCUT2D eigenvalue weighted by Crippen LogP contribution is -1.96. The van der Waals surface area contributed by atoms with E-state index in [1.54, 1.807) is 0 Å². The first-order valence-electron chi connectivity index (χ1n) is 4.55. The van der Waals surface area contributed by atoms with Crippen LogP contribution in [0.15, 0.2) is 0 Å². The molecule has 2 heteroatoms. The number of unbranched alkanes of at least 4 members (excludes halogenated alkanes) is 3. The lowest BCUT2D eigenvalue weighted by Gasteiger charge is -2.01. The number of rotatable bonds is 8. The zero-order valence-electron chi connectivity index (χ0n) is 7.44. The van der Waals surface area contributed by atoms with Crippen molar-refractivity contribution < 1.29 is 4.74 Å². The van der Waals surface area contributed by atoms with E-state index in [0.717, 1.165) is 31.9 Å². The predicted molar refractivity (Wildman–Crippen MR) is 50.3 cm³/mol. The first kappa shape index (κ1) is 11.2. The molecule has 0 aliphatic heterocycles. The SMILES string of the molecule is CCCCCOCCCCCl. The second-order valence-corrected chi connectivity index (χ2v) is 3.09. The Morgan fingerprint density at radius 3 is 2.18 bits per heavy atom. The third-order valence-corrected chi connectivity index (χ3v) is 1.83. The van der Waals surface area contributed by atoms with Gasteiger partial charge in [0.1, 0.15) is 0 Å². The van der Waals surface area contributed by atoms with Crippen molar-refractivity contribution in [3.8, 4) is 0 Å². The zero-order chi connectivity index (χ0) is 8.36. The minimum absolute atomic E-state index is 0.762. The summed E-state index contributed by atoms with van der Waals surface area (Å²) in [6.07, 6.45) is 5.95. The van der Waals surface area contributed by atoms with Crippen LogP contribution in [0.4, 0.5) is 0 Å². The second kappa shape index (κ2) is 10.2. The van der Waals surface area contributed by atoms with E-state index in [4.69, 9.17) is 16.3 Å². The van der Waals surface area contributed by atoms with Gasteiger partial charge >= 0.3 is 0 Å². The molecule has 11 heavy (non-hydrogen) atoms. The summed E-state index contributed by atoms with van der Waals surface area (Å²) in [6, 6.07) is 0. The van der Waals surface area contributed by atoms with Crippen LogP contribution in [0.25, 0.3) is 0 Å². The highest BCUT2D eigenvalue weighted by Gasteiger charge is 1.88. The Balaban J connectivity index is 2.69. The molecule has 0 amide bonds. The Bertz CT molecular complexity index is 58.6. The zero-order valence-corrected chi connectivity index (χ0v) is 8.20. The van der Waals surface area contributed by atoms with Crippen LogP contribution >= 0.6 is 11.6 Å². The first-order chi connectivity index (χ1) is 5.41. The van der Waals surface area contributed by atoms with Gasteiger partial charge in [0.05, 0.1) is 0 Å². The van der Waals surface area contributed by atoms with Crippen LogP contribution < -0.4 is 0 Å². The highest BCUT2D eigenvalue weighted by Crippen LogP contribution is 1.96. The maximum Gasteiger partial charge on any atom is 0.0466 e. The van der Waals surface area contributed by atoms with Gasteiger partial charge in [0, 0.05) is 19.1 Å². The summed E-state index contributed by atoms with van der Waals surface area (Å²) < 4.78 is 5.38.